The van der Waals surface area contributed by atoms with Crippen LogP contribution in [0, 0.1) is 5.41 Å². The van der Waals surface area contributed by atoms with Crippen molar-refractivity contribution in [2.24, 2.45) is 5.41 Å². The molecule has 1 fully saturated rings. The highest BCUT2D eigenvalue weighted by Gasteiger charge is 2.32. The lowest BCUT2D eigenvalue weighted by atomic mass is 9.95. The van der Waals surface area contributed by atoms with Gasteiger partial charge in [0.1, 0.15) is 0 Å². The molecule has 1 aliphatic rings. The molecule has 1 aliphatic heterocycles. The summed E-state index contributed by atoms with van der Waals surface area (Å²) >= 11 is 0. The van der Waals surface area contributed by atoms with Gasteiger partial charge in [0.05, 0.1) is 6.04 Å². The van der Waals surface area contributed by atoms with Crippen molar-refractivity contribution in [2.45, 2.75) is 59.0 Å². The Balaban J connectivity index is 2.79. The number of amides is 1. The van der Waals surface area contributed by atoms with Crippen LogP contribution in [0.25, 0.3) is 0 Å². The maximum absolute atomic E-state index is 12.3. The normalized spacial score (nSPS) is 28.1. The summed E-state index contributed by atoms with van der Waals surface area (Å²) in [5, 5.41) is 3.14. The fourth-order valence-corrected chi connectivity index (χ4v) is 2.33. The first kappa shape index (κ1) is 13.5. The quantitative estimate of drug-likeness (QED) is 0.781. The van der Waals surface area contributed by atoms with Crippen molar-refractivity contribution in [3.63, 3.8) is 0 Å². The van der Waals surface area contributed by atoms with Gasteiger partial charge in [0, 0.05) is 12.6 Å². The van der Waals surface area contributed by atoms with Crippen molar-refractivity contribution in [2.75, 3.05) is 13.6 Å². The summed E-state index contributed by atoms with van der Waals surface area (Å²) in [5.41, 5.74) is 0.173. The second-order valence-electron chi connectivity index (χ2n) is 6.15. The Kier molecular flexibility index (Phi) is 4.36. The van der Waals surface area contributed by atoms with E-state index in [2.05, 4.69) is 37.9 Å². The average Bonchev–Trinajstić information content (AvgIpc) is 2.29. The Morgan fingerprint density at radius 1 is 1.38 bits per heavy atom. The van der Waals surface area contributed by atoms with Gasteiger partial charge in [-0.15, -0.1) is 0 Å². The molecule has 1 N–H and O–H groups in total. The largest absolute Gasteiger partial charge is 0.338 e. The predicted molar refractivity (Wildman–Crippen MR) is 67.3 cm³/mol. The predicted octanol–water partition coefficient (Wildman–Crippen LogP) is 2.02. The highest BCUT2D eigenvalue weighted by Crippen LogP contribution is 2.23. The second-order valence-corrected chi connectivity index (χ2v) is 6.15. The zero-order valence-electron chi connectivity index (χ0n) is 11.3. The van der Waals surface area contributed by atoms with Crippen LogP contribution in [0.15, 0.2) is 0 Å². The van der Waals surface area contributed by atoms with Crippen LogP contribution in [0.3, 0.4) is 0 Å². The molecule has 0 saturated carbocycles. The van der Waals surface area contributed by atoms with Crippen LogP contribution in [0.1, 0.15) is 47.0 Å². The summed E-state index contributed by atoms with van der Waals surface area (Å²) < 4.78 is 0. The molecule has 0 aromatic carbocycles. The number of carbonyl (C=O) groups is 1. The Morgan fingerprint density at radius 2 is 2.00 bits per heavy atom. The van der Waals surface area contributed by atoms with E-state index in [1.165, 1.54) is 0 Å². The molecule has 1 amide bonds. The number of likely N-dealkylation sites (tertiary alicyclic amines) is 1. The highest BCUT2D eigenvalue weighted by molar-refractivity contribution is 5.82. The standard InChI is InChI=1S/C13H26N2O/c1-10-7-6-8-11(14-5)12(16)15(10)9-13(2,3)4/h10-11,14H,6-9H2,1-5H3. The fourth-order valence-electron chi connectivity index (χ4n) is 2.33. The lowest BCUT2D eigenvalue weighted by Crippen LogP contribution is -2.49. The van der Waals surface area contributed by atoms with E-state index < -0.39 is 0 Å². The second kappa shape index (κ2) is 5.17. The Bertz CT molecular complexity index is 245. The van der Waals surface area contributed by atoms with E-state index in [-0.39, 0.29) is 17.4 Å². The number of hydrogen-bond donors (Lipinski definition) is 1. The SMILES string of the molecule is CNC1CCCC(C)N(CC(C)(C)C)C1=O. The molecular formula is C13H26N2O. The molecule has 0 spiro atoms. The average molecular weight is 226 g/mol. The first-order chi connectivity index (χ1) is 7.35. The molecule has 0 bridgehead atoms. The van der Waals surface area contributed by atoms with Crippen LogP contribution >= 0.6 is 0 Å². The minimum absolute atomic E-state index is 0.0206. The Labute approximate surface area is 99.6 Å². The monoisotopic (exact) mass is 226 g/mol. The lowest BCUT2D eigenvalue weighted by Gasteiger charge is -2.35. The van der Waals surface area contributed by atoms with Gasteiger partial charge < -0.3 is 10.2 Å². The molecule has 1 rings (SSSR count). The van der Waals surface area contributed by atoms with Crippen LogP contribution in [0.4, 0.5) is 0 Å². The molecule has 1 heterocycles. The Hall–Kier alpha value is -0.570. The van der Waals surface area contributed by atoms with Gasteiger partial charge in [-0.2, -0.15) is 0 Å². The number of carbonyl (C=O) groups excluding carboxylic acids is 1. The van der Waals surface area contributed by atoms with Crippen molar-refractivity contribution < 1.29 is 4.79 Å². The van der Waals surface area contributed by atoms with Gasteiger partial charge in [0.15, 0.2) is 0 Å². The molecule has 0 aliphatic carbocycles. The number of nitrogens with zero attached hydrogens (tertiary/aromatic N) is 1. The summed E-state index contributed by atoms with van der Waals surface area (Å²) in [7, 11) is 1.88. The summed E-state index contributed by atoms with van der Waals surface area (Å²) in [5.74, 6) is 0.280. The zero-order valence-corrected chi connectivity index (χ0v) is 11.3. The van der Waals surface area contributed by atoms with Gasteiger partial charge in [-0.25, -0.2) is 0 Å². The summed E-state index contributed by atoms with van der Waals surface area (Å²) in [6, 6.07) is 0.400. The maximum atomic E-state index is 12.3. The number of rotatable bonds is 2. The molecule has 0 aromatic heterocycles. The third-order valence-corrected chi connectivity index (χ3v) is 3.22. The van der Waals surface area contributed by atoms with Crippen LogP contribution in [0.2, 0.25) is 0 Å². The molecule has 2 unspecified atom stereocenters. The third kappa shape index (κ3) is 3.48. The summed E-state index contributed by atoms with van der Waals surface area (Å²) in [4.78, 5) is 14.4. The molecule has 0 aromatic rings. The van der Waals surface area contributed by atoms with Crippen LogP contribution in [-0.2, 0) is 4.79 Å². The maximum Gasteiger partial charge on any atom is 0.239 e. The van der Waals surface area contributed by atoms with E-state index in [1.54, 1.807) is 0 Å². The van der Waals surface area contributed by atoms with Gasteiger partial charge in [0.25, 0.3) is 0 Å². The zero-order chi connectivity index (χ0) is 12.3. The fraction of sp³-hybridized carbons (Fsp3) is 0.923. The molecule has 16 heavy (non-hydrogen) atoms. The number of likely N-dealkylation sites (N-methyl/N-ethyl adjacent to an activating group) is 1. The molecular weight excluding hydrogens is 200 g/mol. The third-order valence-electron chi connectivity index (χ3n) is 3.22. The molecule has 94 valence electrons. The van der Waals surface area contributed by atoms with E-state index >= 15 is 0 Å². The highest BCUT2D eigenvalue weighted by atomic mass is 16.2. The number of nitrogens with one attached hydrogen (secondary N) is 1. The van der Waals surface area contributed by atoms with Crippen molar-refractivity contribution in [3.8, 4) is 0 Å². The first-order valence-corrected chi connectivity index (χ1v) is 6.33. The topological polar surface area (TPSA) is 32.3 Å². The molecule has 3 heteroatoms. The Morgan fingerprint density at radius 3 is 2.50 bits per heavy atom. The molecule has 3 nitrogen and oxygen atoms in total. The van der Waals surface area contributed by atoms with Gasteiger partial charge in [0.2, 0.25) is 5.91 Å². The van der Waals surface area contributed by atoms with Crippen molar-refractivity contribution in [1.29, 1.82) is 0 Å². The van der Waals surface area contributed by atoms with Gasteiger partial charge in [-0.1, -0.05) is 20.8 Å². The van der Waals surface area contributed by atoms with E-state index in [0.29, 0.717) is 6.04 Å². The summed E-state index contributed by atoms with van der Waals surface area (Å²) in [6.07, 6.45) is 3.24. The summed E-state index contributed by atoms with van der Waals surface area (Å²) in [6.45, 7) is 9.58. The molecule has 0 radical (unpaired) electrons. The van der Waals surface area contributed by atoms with Gasteiger partial charge in [-0.3, -0.25) is 4.79 Å². The van der Waals surface area contributed by atoms with Gasteiger partial charge in [-0.05, 0) is 38.6 Å². The first-order valence-electron chi connectivity index (χ1n) is 6.33. The van der Waals surface area contributed by atoms with Crippen LogP contribution < -0.4 is 5.32 Å². The molecule has 1 saturated heterocycles. The number of hydrogen-bond acceptors (Lipinski definition) is 2. The van der Waals surface area contributed by atoms with Crippen LogP contribution in [0.5, 0.6) is 0 Å². The van der Waals surface area contributed by atoms with E-state index in [0.717, 1.165) is 25.8 Å². The lowest BCUT2D eigenvalue weighted by molar-refractivity contribution is -0.136. The van der Waals surface area contributed by atoms with Crippen molar-refractivity contribution in [3.05, 3.63) is 0 Å². The van der Waals surface area contributed by atoms with Crippen molar-refractivity contribution >= 4 is 5.91 Å². The molecule has 2 atom stereocenters. The minimum atomic E-state index is 0.0206. The van der Waals surface area contributed by atoms with Crippen molar-refractivity contribution in [1.82, 2.24) is 10.2 Å². The smallest absolute Gasteiger partial charge is 0.239 e. The van der Waals surface area contributed by atoms with Crippen LogP contribution in [-0.4, -0.2) is 36.5 Å². The van der Waals surface area contributed by atoms with Gasteiger partial charge >= 0.3 is 0 Å². The van der Waals surface area contributed by atoms with E-state index in [1.807, 2.05) is 7.05 Å². The minimum Gasteiger partial charge on any atom is -0.338 e. The van der Waals surface area contributed by atoms with E-state index in [9.17, 15) is 4.79 Å². The van der Waals surface area contributed by atoms with E-state index in [4.69, 9.17) is 0 Å².